The number of Topliss-reactive ketones (excluding diaryl/α,β-unsaturated/α-hetero) is 1. The van der Waals surface area contributed by atoms with Gasteiger partial charge in [0.05, 0.1) is 18.3 Å². The van der Waals surface area contributed by atoms with Gasteiger partial charge in [-0.05, 0) is 47.6 Å². The lowest BCUT2D eigenvalue weighted by Crippen LogP contribution is -2.37. The third-order valence-electron chi connectivity index (χ3n) is 4.38. The first-order valence-corrected chi connectivity index (χ1v) is 7.88. The van der Waals surface area contributed by atoms with Crippen molar-refractivity contribution in [3.05, 3.63) is 34.1 Å². The number of hydrogen-bond donors (Lipinski definition) is 0. The van der Waals surface area contributed by atoms with Gasteiger partial charge in [0.2, 0.25) is 11.1 Å². The predicted octanol–water partition coefficient (Wildman–Crippen LogP) is 1.67. The first kappa shape index (κ1) is 14.7. The Morgan fingerprint density at radius 1 is 1.26 bits per heavy atom. The lowest BCUT2D eigenvalue weighted by Gasteiger charge is -2.25. The van der Waals surface area contributed by atoms with Crippen LogP contribution in [0, 0.1) is 18.6 Å². The molecule has 2 aliphatic heterocycles. The number of ketones is 1. The minimum absolute atomic E-state index is 0.0766. The molecule has 4 rings (SSSR count). The molecule has 0 saturated carbocycles. The van der Waals surface area contributed by atoms with Crippen LogP contribution < -0.4 is 0 Å². The van der Waals surface area contributed by atoms with Gasteiger partial charge in [-0.3, -0.25) is 4.79 Å². The SMILES string of the molecule is Cc1cccc(C)c1-n1nnn(C2CC(=O)C3OCC2O3)c1=S. The second-order valence-corrected chi connectivity index (χ2v) is 6.30. The van der Waals surface area contributed by atoms with Gasteiger partial charge in [-0.15, -0.1) is 0 Å². The summed E-state index contributed by atoms with van der Waals surface area (Å²) in [5, 5.41) is 8.39. The number of fused-ring (bicyclic) bond motifs is 2. The average molecular weight is 332 g/mol. The van der Waals surface area contributed by atoms with Gasteiger partial charge >= 0.3 is 0 Å². The summed E-state index contributed by atoms with van der Waals surface area (Å²) in [6, 6.07) is 5.73. The summed E-state index contributed by atoms with van der Waals surface area (Å²) < 4.78 is 14.6. The van der Waals surface area contributed by atoms with Gasteiger partial charge in [0.1, 0.15) is 6.10 Å². The van der Waals surface area contributed by atoms with Crippen LogP contribution >= 0.6 is 12.2 Å². The van der Waals surface area contributed by atoms with Crippen molar-refractivity contribution in [1.82, 2.24) is 19.8 Å². The van der Waals surface area contributed by atoms with Crippen LogP contribution in [0.2, 0.25) is 0 Å². The molecule has 2 aromatic rings. The van der Waals surface area contributed by atoms with E-state index < -0.39 is 6.29 Å². The van der Waals surface area contributed by atoms with E-state index in [2.05, 4.69) is 10.4 Å². The second kappa shape index (κ2) is 5.33. The highest BCUT2D eigenvalue weighted by atomic mass is 32.1. The summed E-state index contributed by atoms with van der Waals surface area (Å²) in [7, 11) is 0. The van der Waals surface area contributed by atoms with E-state index in [0.29, 0.717) is 17.8 Å². The Bertz CT molecular complexity index is 823. The van der Waals surface area contributed by atoms with Gasteiger partial charge in [0, 0.05) is 6.42 Å². The van der Waals surface area contributed by atoms with E-state index in [-0.39, 0.29) is 17.9 Å². The number of benzene rings is 1. The molecular weight excluding hydrogens is 316 g/mol. The van der Waals surface area contributed by atoms with Crippen LogP contribution in [0.15, 0.2) is 18.2 Å². The molecule has 2 bridgehead atoms. The van der Waals surface area contributed by atoms with Gasteiger partial charge < -0.3 is 9.47 Å². The number of tetrazole rings is 1. The van der Waals surface area contributed by atoms with E-state index in [0.717, 1.165) is 16.8 Å². The lowest BCUT2D eigenvalue weighted by atomic mass is 10.0. The largest absolute Gasteiger partial charge is 0.343 e. The summed E-state index contributed by atoms with van der Waals surface area (Å²) in [6.07, 6.45) is -0.638. The maximum Gasteiger partial charge on any atom is 0.221 e. The number of carbonyl (C=O) groups is 1. The fourth-order valence-electron chi connectivity index (χ4n) is 3.21. The first-order chi connectivity index (χ1) is 11.1. The third kappa shape index (κ3) is 2.25. The van der Waals surface area contributed by atoms with E-state index in [1.807, 2.05) is 32.0 Å². The summed E-state index contributed by atoms with van der Waals surface area (Å²) in [5.41, 5.74) is 3.05. The molecule has 0 N–H and O–H groups in total. The molecule has 8 heteroatoms. The van der Waals surface area contributed by atoms with Gasteiger partial charge in [0.25, 0.3) is 0 Å². The average Bonchev–Trinajstić information content (AvgIpc) is 3.10. The summed E-state index contributed by atoms with van der Waals surface area (Å²) >= 11 is 5.55. The molecule has 1 aromatic carbocycles. The Labute approximate surface area is 137 Å². The van der Waals surface area contributed by atoms with Crippen LogP contribution in [0.4, 0.5) is 0 Å². The summed E-state index contributed by atoms with van der Waals surface area (Å²) in [5.74, 6) is -0.0766. The van der Waals surface area contributed by atoms with Crippen molar-refractivity contribution in [2.24, 2.45) is 0 Å². The summed E-state index contributed by atoms with van der Waals surface area (Å²) in [6.45, 7) is 4.39. The van der Waals surface area contributed by atoms with Crippen molar-refractivity contribution >= 4 is 18.0 Å². The van der Waals surface area contributed by atoms with Crippen molar-refractivity contribution in [2.45, 2.75) is 38.7 Å². The maximum atomic E-state index is 12.0. The molecule has 0 spiro atoms. The van der Waals surface area contributed by atoms with Gasteiger partial charge in [-0.1, -0.05) is 18.2 Å². The molecule has 2 fully saturated rings. The van der Waals surface area contributed by atoms with Crippen LogP contribution in [-0.4, -0.2) is 44.6 Å². The lowest BCUT2D eigenvalue weighted by molar-refractivity contribution is -0.156. The molecule has 2 aliphatic rings. The standard InChI is InChI=1S/C15H16N4O3S/c1-8-4-3-5-9(2)13(8)19-15(23)18(16-17-19)10-6-11(20)14-21-7-12(10)22-14/h3-5,10,12,14H,6-7H2,1-2H3. The maximum absolute atomic E-state index is 12.0. The number of hydrogen-bond acceptors (Lipinski definition) is 6. The Morgan fingerprint density at radius 2 is 2.00 bits per heavy atom. The molecule has 7 nitrogen and oxygen atoms in total. The Morgan fingerprint density at radius 3 is 2.74 bits per heavy atom. The Kier molecular flexibility index (Phi) is 3.40. The topological polar surface area (TPSA) is 71.2 Å². The minimum Gasteiger partial charge on any atom is -0.343 e. The highest BCUT2D eigenvalue weighted by molar-refractivity contribution is 7.71. The molecule has 23 heavy (non-hydrogen) atoms. The molecule has 2 saturated heterocycles. The van der Waals surface area contributed by atoms with Crippen LogP contribution in [0.3, 0.4) is 0 Å². The highest BCUT2D eigenvalue weighted by Gasteiger charge is 2.45. The van der Waals surface area contributed by atoms with E-state index in [1.165, 1.54) is 0 Å². The van der Waals surface area contributed by atoms with Crippen LogP contribution in [0.25, 0.3) is 5.69 Å². The van der Waals surface area contributed by atoms with Crippen LogP contribution in [0.5, 0.6) is 0 Å². The molecule has 0 radical (unpaired) electrons. The zero-order valence-electron chi connectivity index (χ0n) is 12.8. The zero-order chi connectivity index (χ0) is 16.1. The smallest absolute Gasteiger partial charge is 0.221 e. The highest BCUT2D eigenvalue weighted by Crippen LogP contribution is 2.32. The van der Waals surface area contributed by atoms with E-state index in [1.54, 1.807) is 9.36 Å². The fourth-order valence-corrected chi connectivity index (χ4v) is 3.51. The number of nitrogens with zero attached hydrogens (tertiary/aromatic N) is 4. The van der Waals surface area contributed by atoms with E-state index in [4.69, 9.17) is 21.7 Å². The van der Waals surface area contributed by atoms with Crippen molar-refractivity contribution in [1.29, 1.82) is 0 Å². The first-order valence-electron chi connectivity index (χ1n) is 7.47. The second-order valence-electron chi connectivity index (χ2n) is 5.94. The number of aryl methyl sites for hydroxylation is 2. The zero-order valence-corrected chi connectivity index (χ0v) is 13.6. The summed E-state index contributed by atoms with van der Waals surface area (Å²) in [4.78, 5) is 12.0. The van der Waals surface area contributed by atoms with Crippen LogP contribution in [0.1, 0.15) is 23.6 Å². The van der Waals surface area contributed by atoms with Crippen molar-refractivity contribution < 1.29 is 14.3 Å². The monoisotopic (exact) mass is 332 g/mol. The Hall–Kier alpha value is -1.90. The van der Waals surface area contributed by atoms with Gasteiger partial charge in [0.15, 0.2) is 5.78 Å². The van der Waals surface area contributed by atoms with Crippen molar-refractivity contribution in [3.8, 4) is 5.69 Å². The Balaban J connectivity index is 1.77. The number of para-hydroxylation sites is 1. The fraction of sp³-hybridized carbons (Fsp3) is 0.467. The molecule has 120 valence electrons. The molecular formula is C15H16N4O3S. The molecule has 3 atom stereocenters. The van der Waals surface area contributed by atoms with Crippen molar-refractivity contribution in [3.63, 3.8) is 0 Å². The molecule has 0 aliphatic carbocycles. The molecule has 1 aromatic heterocycles. The third-order valence-corrected chi connectivity index (χ3v) is 4.74. The number of ether oxygens (including phenoxy) is 2. The number of rotatable bonds is 2. The predicted molar refractivity (Wildman–Crippen MR) is 82.9 cm³/mol. The van der Waals surface area contributed by atoms with Crippen LogP contribution in [-0.2, 0) is 14.3 Å². The number of aromatic nitrogens is 4. The minimum atomic E-state index is -0.723. The van der Waals surface area contributed by atoms with Crippen molar-refractivity contribution in [2.75, 3.05) is 6.61 Å². The van der Waals surface area contributed by atoms with Gasteiger partial charge in [-0.25, -0.2) is 4.68 Å². The van der Waals surface area contributed by atoms with E-state index >= 15 is 0 Å². The van der Waals surface area contributed by atoms with E-state index in [9.17, 15) is 4.79 Å². The number of carbonyl (C=O) groups excluding carboxylic acids is 1. The molecule has 0 amide bonds. The quantitative estimate of drug-likeness (QED) is 0.779. The molecule has 3 unspecified atom stereocenters. The van der Waals surface area contributed by atoms with Gasteiger partial charge in [-0.2, -0.15) is 4.68 Å². The molecule has 3 heterocycles. The normalized spacial score (nSPS) is 26.7.